The molecule has 0 radical (unpaired) electrons. The molecule has 0 aliphatic carbocycles. The lowest BCUT2D eigenvalue weighted by molar-refractivity contribution is -0.134. The Morgan fingerprint density at radius 3 is 3.11 bits per heavy atom. The first kappa shape index (κ1) is 14.3. The third-order valence-electron chi connectivity index (χ3n) is 3.28. The number of carbonyl (C=O) groups is 1. The van der Waals surface area contributed by atoms with E-state index in [1.807, 2.05) is 24.3 Å². The van der Waals surface area contributed by atoms with Gasteiger partial charge >= 0.3 is 0 Å². The van der Waals surface area contributed by atoms with Crippen LogP contribution in [0.4, 0.5) is 0 Å². The van der Waals surface area contributed by atoms with Crippen LogP contribution in [0, 0.1) is 0 Å². The number of rotatable bonds is 4. The highest BCUT2D eigenvalue weighted by Crippen LogP contribution is 2.17. The second-order valence-electron chi connectivity index (χ2n) is 4.75. The molecule has 0 aromatic heterocycles. The summed E-state index contributed by atoms with van der Waals surface area (Å²) < 4.78 is 5.86. The van der Waals surface area contributed by atoms with E-state index < -0.39 is 0 Å². The molecule has 4 nitrogen and oxygen atoms in total. The van der Waals surface area contributed by atoms with E-state index in [1.165, 1.54) is 0 Å². The minimum atomic E-state index is -0.00365. The zero-order chi connectivity index (χ0) is 13.7. The van der Waals surface area contributed by atoms with E-state index >= 15 is 0 Å². The van der Waals surface area contributed by atoms with E-state index in [1.54, 1.807) is 4.90 Å². The van der Waals surface area contributed by atoms with Crippen LogP contribution in [-0.4, -0.2) is 36.5 Å². The zero-order valence-electron chi connectivity index (χ0n) is 10.8. The number of piperidine rings is 1. The molecule has 19 heavy (non-hydrogen) atoms. The minimum absolute atomic E-state index is 0.00365. The Balaban J connectivity index is 1.84. The topological polar surface area (TPSA) is 55.6 Å². The van der Waals surface area contributed by atoms with E-state index in [0.29, 0.717) is 18.2 Å². The van der Waals surface area contributed by atoms with Crippen molar-refractivity contribution in [1.29, 1.82) is 0 Å². The van der Waals surface area contributed by atoms with Crippen molar-refractivity contribution in [3.8, 4) is 0 Å². The first-order valence-electron chi connectivity index (χ1n) is 6.53. The highest BCUT2D eigenvalue weighted by Gasteiger charge is 2.23. The molecule has 2 N–H and O–H groups in total. The van der Waals surface area contributed by atoms with Crippen molar-refractivity contribution in [3.05, 3.63) is 34.9 Å². The maximum absolute atomic E-state index is 11.6. The standard InChI is InChI=1S/C14H19ClN2O2/c15-12-4-1-3-11(7-12)10-19-13-5-2-6-17(9-13)14(18)8-16/h1,3-4,7,13H,2,5-6,8-10,16H2. The average Bonchev–Trinajstić information content (AvgIpc) is 2.45. The second-order valence-corrected chi connectivity index (χ2v) is 5.19. The van der Waals surface area contributed by atoms with Crippen LogP contribution in [0.3, 0.4) is 0 Å². The van der Waals surface area contributed by atoms with Gasteiger partial charge in [-0.15, -0.1) is 0 Å². The fourth-order valence-electron chi connectivity index (χ4n) is 2.27. The lowest BCUT2D eigenvalue weighted by atomic mass is 10.1. The highest BCUT2D eigenvalue weighted by atomic mass is 35.5. The largest absolute Gasteiger partial charge is 0.372 e. The summed E-state index contributed by atoms with van der Waals surface area (Å²) in [6.07, 6.45) is 2.03. The van der Waals surface area contributed by atoms with Gasteiger partial charge in [0.05, 0.1) is 19.3 Å². The van der Waals surface area contributed by atoms with Crippen molar-refractivity contribution in [2.24, 2.45) is 5.73 Å². The van der Waals surface area contributed by atoms with Gasteiger partial charge in [0, 0.05) is 18.1 Å². The Morgan fingerprint density at radius 2 is 2.37 bits per heavy atom. The van der Waals surface area contributed by atoms with Gasteiger partial charge in [-0.2, -0.15) is 0 Å². The van der Waals surface area contributed by atoms with Crippen LogP contribution in [0.1, 0.15) is 18.4 Å². The monoisotopic (exact) mass is 282 g/mol. The van der Waals surface area contributed by atoms with E-state index in [4.69, 9.17) is 22.1 Å². The van der Waals surface area contributed by atoms with E-state index in [-0.39, 0.29) is 18.6 Å². The summed E-state index contributed by atoms with van der Waals surface area (Å²) in [5, 5.41) is 0.713. The Morgan fingerprint density at radius 1 is 1.53 bits per heavy atom. The van der Waals surface area contributed by atoms with Crippen molar-refractivity contribution < 1.29 is 9.53 Å². The summed E-state index contributed by atoms with van der Waals surface area (Å²) >= 11 is 5.93. The summed E-state index contributed by atoms with van der Waals surface area (Å²) in [5.41, 5.74) is 6.43. The molecule has 1 unspecified atom stereocenters. The van der Waals surface area contributed by atoms with Gasteiger partial charge in [-0.25, -0.2) is 0 Å². The Labute approximate surface area is 118 Å². The Bertz CT molecular complexity index is 439. The van der Waals surface area contributed by atoms with Crippen LogP contribution in [0.25, 0.3) is 0 Å². The number of ether oxygens (including phenoxy) is 1. The van der Waals surface area contributed by atoms with Crippen molar-refractivity contribution in [2.45, 2.75) is 25.6 Å². The van der Waals surface area contributed by atoms with Gasteiger partial charge in [-0.05, 0) is 30.5 Å². The SMILES string of the molecule is NCC(=O)N1CCCC(OCc2cccc(Cl)c2)C1. The number of benzene rings is 1. The van der Waals surface area contributed by atoms with Gasteiger partial charge in [0.1, 0.15) is 0 Å². The van der Waals surface area contributed by atoms with Crippen molar-refractivity contribution in [2.75, 3.05) is 19.6 Å². The number of likely N-dealkylation sites (tertiary alicyclic amines) is 1. The summed E-state index contributed by atoms with van der Waals surface area (Å²) in [4.78, 5) is 13.3. The van der Waals surface area contributed by atoms with Crippen molar-refractivity contribution in [3.63, 3.8) is 0 Å². The Hall–Kier alpha value is -1.10. The molecule has 0 saturated carbocycles. The number of halogens is 1. The molecule has 1 aliphatic rings. The lowest BCUT2D eigenvalue weighted by Crippen LogP contribution is -2.45. The van der Waals surface area contributed by atoms with Crippen LogP contribution in [0.2, 0.25) is 5.02 Å². The van der Waals surface area contributed by atoms with Crippen molar-refractivity contribution >= 4 is 17.5 Å². The number of carbonyl (C=O) groups excluding carboxylic acids is 1. The van der Waals surface area contributed by atoms with Gasteiger partial charge in [0.2, 0.25) is 5.91 Å². The molecule has 0 bridgehead atoms. The normalized spacial score (nSPS) is 19.5. The quantitative estimate of drug-likeness (QED) is 0.916. The molecule has 1 aromatic carbocycles. The number of nitrogens with two attached hydrogens (primary N) is 1. The molecule has 0 spiro atoms. The van der Waals surface area contributed by atoms with Crippen LogP contribution >= 0.6 is 11.6 Å². The summed E-state index contributed by atoms with van der Waals surface area (Å²) in [6.45, 7) is 2.01. The predicted molar refractivity (Wildman–Crippen MR) is 74.9 cm³/mol. The lowest BCUT2D eigenvalue weighted by Gasteiger charge is -2.32. The molecule has 1 amide bonds. The van der Waals surface area contributed by atoms with Crippen LogP contribution in [0.5, 0.6) is 0 Å². The highest BCUT2D eigenvalue weighted by molar-refractivity contribution is 6.30. The van der Waals surface area contributed by atoms with Gasteiger partial charge in [-0.3, -0.25) is 4.79 Å². The van der Waals surface area contributed by atoms with Crippen LogP contribution < -0.4 is 5.73 Å². The number of amides is 1. The molecule has 1 aliphatic heterocycles. The van der Waals surface area contributed by atoms with Gasteiger partial charge in [-0.1, -0.05) is 23.7 Å². The van der Waals surface area contributed by atoms with E-state index in [9.17, 15) is 4.79 Å². The van der Waals surface area contributed by atoms with Gasteiger partial charge in [0.25, 0.3) is 0 Å². The Kier molecular flexibility index (Phi) is 5.19. The summed E-state index contributed by atoms with van der Waals surface area (Å²) in [7, 11) is 0. The molecule has 1 fully saturated rings. The number of nitrogens with zero attached hydrogens (tertiary/aromatic N) is 1. The molecule has 104 valence electrons. The molecular weight excluding hydrogens is 264 g/mol. The fraction of sp³-hybridized carbons (Fsp3) is 0.500. The minimum Gasteiger partial charge on any atom is -0.372 e. The molecule has 1 heterocycles. The third-order valence-corrected chi connectivity index (χ3v) is 3.52. The van der Waals surface area contributed by atoms with Gasteiger partial charge in [0.15, 0.2) is 0 Å². The molecule has 1 aromatic rings. The molecule has 1 atom stereocenters. The van der Waals surface area contributed by atoms with Crippen LogP contribution in [-0.2, 0) is 16.1 Å². The smallest absolute Gasteiger partial charge is 0.236 e. The van der Waals surface area contributed by atoms with E-state index in [0.717, 1.165) is 24.9 Å². The first-order valence-corrected chi connectivity index (χ1v) is 6.90. The van der Waals surface area contributed by atoms with Crippen molar-refractivity contribution in [1.82, 2.24) is 4.90 Å². The average molecular weight is 283 g/mol. The van der Waals surface area contributed by atoms with Gasteiger partial charge < -0.3 is 15.4 Å². The molecular formula is C14H19ClN2O2. The second kappa shape index (κ2) is 6.89. The predicted octanol–water partition coefficient (Wildman–Crippen LogP) is 1.81. The molecule has 2 rings (SSSR count). The third kappa shape index (κ3) is 4.20. The maximum atomic E-state index is 11.6. The fourth-order valence-corrected chi connectivity index (χ4v) is 2.48. The van der Waals surface area contributed by atoms with E-state index in [2.05, 4.69) is 0 Å². The summed E-state index contributed by atoms with van der Waals surface area (Å²) in [6, 6.07) is 7.63. The zero-order valence-corrected chi connectivity index (χ0v) is 11.6. The summed E-state index contributed by atoms with van der Waals surface area (Å²) in [5.74, 6) is -0.00365. The van der Waals surface area contributed by atoms with Crippen LogP contribution in [0.15, 0.2) is 24.3 Å². The molecule has 1 saturated heterocycles. The number of hydrogen-bond donors (Lipinski definition) is 1. The maximum Gasteiger partial charge on any atom is 0.236 e. The molecule has 5 heteroatoms. The first-order chi connectivity index (χ1) is 9.19. The number of hydrogen-bond acceptors (Lipinski definition) is 3.